The average molecular weight is 544 g/mol. The Morgan fingerprint density at radius 2 is 1.41 bits per heavy atom. The largest absolute Gasteiger partial charge is 0.494 e. The van der Waals surface area contributed by atoms with Crippen LogP contribution in [-0.2, 0) is 28.5 Å². The zero-order valence-electron chi connectivity index (χ0n) is 23.4. The highest BCUT2D eigenvalue weighted by atomic mass is 16.9. The Morgan fingerprint density at radius 1 is 0.795 bits per heavy atom. The highest BCUT2D eigenvalue weighted by molar-refractivity contribution is 5.94. The first-order valence-electron chi connectivity index (χ1n) is 15.5. The minimum Gasteiger partial charge on any atom is -0.494 e. The van der Waals surface area contributed by atoms with E-state index < -0.39 is 42.3 Å². The maximum Gasteiger partial charge on any atom is 0.256 e. The van der Waals surface area contributed by atoms with Gasteiger partial charge in [-0.2, -0.15) is 0 Å². The molecular weight excluding hydrogens is 498 g/mol. The second kappa shape index (κ2) is 12.0. The van der Waals surface area contributed by atoms with Gasteiger partial charge in [0, 0.05) is 31.4 Å². The third kappa shape index (κ3) is 6.01. The summed E-state index contributed by atoms with van der Waals surface area (Å²) in [6, 6.07) is 7.53. The van der Waals surface area contributed by atoms with Crippen molar-refractivity contribution in [3.63, 3.8) is 0 Å². The van der Waals surface area contributed by atoms with Crippen LogP contribution in [-0.4, -0.2) is 54.8 Å². The second-order valence-corrected chi connectivity index (χ2v) is 12.0. The molecule has 1 amide bonds. The first-order valence-corrected chi connectivity index (χ1v) is 15.5. The van der Waals surface area contributed by atoms with Crippen molar-refractivity contribution in [2.75, 3.05) is 11.9 Å². The number of fused-ring (bicyclic) bond motifs is 3. The van der Waals surface area contributed by atoms with E-state index in [9.17, 15) is 4.79 Å². The summed E-state index contributed by atoms with van der Waals surface area (Å²) in [4.78, 5) is 13.6. The number of amides is 1. The van der Waals surface area contributed by atoms with Crippen molar-refractivity contribution in [2.24, 2.45) is 0 Å². The van der Waals surface area contributed by atoms with E-state index in [0.29, 0.717) is 12.3 Å². The maximum atomic E-state index is 13.6. The van der Waals surface area contributed by atoms with E-state index in [1.807, 2.05) is 24.3 Å². The minimum absolute atomic E-state index is 0.252. The summed E-state index contributed by atoms with van der Waals surface area (Å²) in [7, 11) is 0. The molecule has 216 valence electrons. The van der Waals surface area contributed by atoms with Gasteiger partial charge in [-0.3, -0.25) is 4.79 Å². The molecular formula is C31H45NO7. The Hall–Kier alpha value is -1.71. The maximum absolute atomic E-state index is 13.6. The van der Waals surface area contributed by atoms with Crippen LogP contribution in [0, 0.1) is 0 Å². The summed E-state index contributed by atoms with van der Waals surface area (Å²) in [5.74, 6) is -0.744. The number of nitrogens with one attached hydrogen (secondary N) is 1. The molecule has 1 aromatic rings. The van der Waals surface area contributed by atoms with E-state index in [1.54, 1.807) is 0 Å². The van der Waals surface area contributed by atoms with Gasteiger partial charge in [0.2, 0.25) is 0 Å². The van der Waals surface area contributed by atoms with Gasteiger partial charge in [0.25, 0.3) is 5.91 Å². The lowest BCUT2D eigenvalue weighted by atomic mass is 9.94. The molecule has 0 bridgehead atoms. The molecule has 5 atom stereocenters. The van der Waals surface area contributed by atoms with Gasteiger partial charge in [-0.15, -0.1) is 0 Å². The summed E-state index contributed by atoms with van der Waals surface area (Å²) < 4.78 is 38.4. The lowest BCUT2D eigenvalue weighted by molar-refractivity contribution is -0.246. The van der Waals surface area contributed by atoms with Crippen LogP contribution in [0.5, 0.6) is 5.75 Å². The van der Waals surface area contributed by atoms with Gasteiger partial charge in [0.1, 0.15) is 24.1 Å². The van der Waals surface area contributed by atoms with Gasteiger partial charge < -0.3 is 33.7 Å². The first kappa shape index (κ1) is 27.5. The number of carbonyl (C=O) groups excluding carboxylic acids is 1. The average Bonchev–Trinajstić information content (AvgIpc) is 3.49. The van der Waals surface area contributed by atoms with Crippen LogP contribution in [0.1, 0.15) is 103 Å². The lowest BCUT2D eigenvalue weighted by Crippen LogP contribution is -2.58. The Labute approximate surface area is 232 Å². The molecule has 0 unspecified atom stereocenters. The van der Waals surface area contributed by atoms with Crippen molar-refractivity contribution in [3.05, 3.63) is 24.3 Å². The van der Waals surface area contributed by atoms with Gasteiger partial charge >= 0.3 is 0 Å². The van der Waals surface area contributed by atoms with Crippen molar-refractivity contribution in [3.8, 4) is 5.75 Å². The lowest BCUT2D eigenvalue weighted by Gasteiger charge is -2.36. The van der Waals surface area contributed by atoms with Crippen LogP contribution in [0.4, 0.5) is 5.69 Å². The fourth-order valence-corrected chi connectivity index (χ4v) is 6.91. The first-order chi connectivity index (χ1) is 19.1. The van der Waals surface area contributed by atoms with Crippen LogP contribution in [0.3, 0.4) is 0 Å². The normalized spacial score (nSPS) is 32.6. The van der Waals surface area contributed by atoms with Crippen LogP contribution >= 0.6 is 0 Å². The number of anilines is 1. The predicted molar refractivity (Wildman–Crippen MR) is 145 cm³/mol. The van der Waals surface area contributed by atoms with E-state index >= 15 is 0 Å². The van der Waals surface area contributed by atoms with Crippen LogP contribution in [0.15, 0.2) is 24.3 Å². The Morgan fingerprint density at radius 3 is 2.10 bits per heavy atom. The monoisotopic (exact) mass is 543 g/mol. The minimum atomic E-state index is -0.848. The van der Waals surface area contributed by atoms with Gasteiger partial charge in [0.05, 0.1) is 6.61 Å². The van der Waals surface area contributed by atoms with Gasteiger partial charge in [-0.05, 0) is 56.4 Å². The highest BCUT2D eigenvalue weighted by Crippen LogP contribution is 2.51. The third-order valence-electron chi connectivity index (χ3n) is 9.01. The van der Waals surface area contributed by atoms with Crippen molar-refractivity contribution < 1.29 is 33.2 Å². The molecule has 6 rings (SSSR count). The predicted octanol–water partition coefficient (Wildman–Crippen LogP) is 6.22. The smallest absolute Gasteiger partial charge is 0.256 e. The number of hydrogen-bond donors (Lipinski definition) is 1. The zero-order chi connectivity index (χ0) is 26.7. The number of benzene rings is 1. The second-order valence-electron chi connectivity index (χ2n) is 12.0. The Balaban J connectivity index is 1.11. The Kier molecular flexibility index (Phi) is 8.47. The van der Waals surface area contributed by atoms with E-state index in [0.717, 1.165) is 63.5 Å². The van der Waals surface area contributed by atoms with Gasteiger partial charge in [-0.1, -0.05) is 45.4 Å². The molecule has 3 aliphatic heterocycles. The molecule has 8 nitrogen and oxygen atoms in total. The van der Waals surface area contributed by atoms with E-state index in [4.69, 9.17) is 28.4 Å². The summed E-state index contributed by atoms with van der Waals surface area (Å²) in [6.07, 6.45) is 13.2. The SMILES string of the molecule is CCCCCCCOc1ccc(NC(=O)[C@@H]2O[C@H]3OC4(CCCCC4)O[C@@H]3[C@H]3OC4(CCCCC4)O[C@H]32)cc1. The zero-order valence-corrected chi connectivity index (χ0v) is 23.4. The summed E-state index contributed by atoms with van der Waals surface area (Å²) >= 11 is 0. The molecule has 2 aliphatic carbocycles. The fourth-order valence-electron chi connectivity index (χ4n) is 6.91. The van der Waals surface area contributed by atoms with Crippen LogP contribution in [0.25, 0.3) is 0 Å². The van der Waals surface area contributed by atoms with Crippen molar-refractivity contribution >= 4 is 11.6 Å². The molecule has 2 saturated carbocycles. The van der Waals surface area contributed by atoms with Crippen LogP contribution in [0.2, 0.25) is 0 Å². The van der Waals surface area contributed by atoms with Crippen LogP contribution < -0.4 is 10.1 Å². The van der Waals surface area contributed by atoms with E-state index in [-0.39, 0.29) is 5.91 Å². The fraction of sp³-hybridized carbons (Fsp3) is 0.774. The molecule has 2 spiro atoms. The number of ether oxygens (including phenoxy) is 6. The number of rotatable bonds is 9. The molecule has 5 aliphatic rings. The van der Waals surface area contributed by atoms with E-state index in [1.165, 1.54) is 38.5 Å². The molecule has 39 heavy (non-hydrogen) atoms. The third-order valence-corrected chi connectivity index (χ3v) is 9.01. The molecule has 5 fully saturated rings. The summed E-state index contributed by atoms with van der Waals surface area (Å²) in [6.45, 7) is 2.93. The molecule has 1 aromatic carbocycles. The quantitative estimate of drug-likeness (QED) is 0.370. The van der Waals surface area contributed by atoms with Crippen molar-refractivity contribution in [2.45, 2.75) is 146 Å². The number of unbranched alkanes of at least 4 members (excludes halogenated alkanes) is 4. The summed E-state index contributed by atoms with van der Waals surface area (Å²) in [5.41, 5.74) is 0.691. The number of hydrogen-bond acceptors (Lipinski definition) is 7. The topological polar surface area (TPSA) is 84.5 Å². The highest BCUT2D eigenvalue weighted by Gasteiger charge is 2.65. The van der Waals surface area contributed by atoms with Gasteiger partial charge in [-0.25, -0.2) is 0 Å². The molecule has 0 aromatic heterocycles. The van der Waals surface area contributed by atoms with Crippen molar-refractivity contribution in [1.82, 2.24) is 0 Å². The van der Waals surface area contributed by atoms with E-state index in [2.05, 4.69) is 12.2 Å². The standard InChI is InChI=1S/C31H45NO7/c1-2-3-4-5-12-21-34-23-15-13-22(14-16-23)32-28(33)26-24-25(37-30(36-24)17-8-6-9-18-30)27-29(35-26)39-31(38-27)19-10-7-11-20-31/h13-16,24-27,29H,2-12,17-21H2,1H3,(H,32,33)/t24-,25+,26-,27-,29+/m1/s1. The summed E-state index contributed by atoms with van der Waals surface area (Å²) in [5, 5.41) is 3.03. The Bertz CT molecular complexity index is 956. The molecule has 3 heterocycles. The molecule has 1 N–H and O–H groups in total. The number of carbonyl (C=O) groups is 1. The molecule has 0 radical (unpaired) electrons. The molecule has 8 heteroatoms. The van der Waals surface area contributed by atoms with Gasteiger partial charge in [0.15, 0.2) is 24.0 Å². The van der Waals surface area contributed by atoms with Crippen molar-refractivity contribution in [1.29, 1.82) is 0 Å². The molecule has 3 saturated heterocycles.